The summed E-state index contributed by atoms with van der Waals surface area (Å²) < 4.78 is 21.4. The van der Waals surface area contributed by atoms with E-state index in [4.69, 9.17) is 4.74 Å². The predicted molar refractivity (Wildman–Crippen MR) is 79.1 cm³/mol. The van der Waals surface area contributed by atoms with Crippen molar-refractivity contribution in [3.63, 3.8) is 0 Å². The average Bonchev–Trinajstić information content (AvgIpc) is 2.76. The fourth-order valence-electron chi connectivity index (χ4n) is 2.72. The van der Waals surface area contributed by atoms with Crippen LogP contribution in [0.5, 0.6) is 0 Å². The lowest BCUT2D eigenvalue weighted by Gasteiger charge is -2.22. The number of aryl methyl sites for hydroxylation is 1. The fraction of sp³-hybridized carbons (Fsp3) is 0.400. The Hall–Kier alpha value is -1.20. The van der Waals surface area contributed by atoms with Crippen molar-refractivity contribution in [3.8, 4) is 11.3 Å². The average molecular weight is 339 g/mol. The summed E-state index contributed by atoms with van der Waals surface area (Å²) in [6.07, 6.45) is 2.03. The Morgan fingerprint density at radius 2 is 1.90 bits per heavy atom. The third-order valence-corrected chi connectivity index (χ3v) is 4.54. The molecule has 5 heteroatoms. The van der Waals surface area contributed by atoms with Crippen LogP contribution in [0.3, 0.4) is 0 Å². The van der Waals surface area contributed by atoms with Gasteiger partial charge in [-0.3, -0.25) is 4.68 Å². The number of hydrogen-bond acceptors (Lipinski definition) is 2. The first-order chi connectivity index (χ1) is 9.66. The molecule has 1 aliphatic rings. The van der Waals surface area contributed by atoms with Gasteiger partial charge in [-0.1, -0.05) is 0 Å². The van der Waals surface area contributed by atoms with Crippen LogP contribution in [0.1, 0.15) is 24.5 Å². The highest BCUT2D eigenvalue weighted by atomic mass is 79.9. The third-order valence-electron chi connectivity index (χ3n) is 3.76. The lowest BCUT2D eigenvalue weighted by molar-refractivity contribution is 0.0836. The Bertz CT molecular complexity index is 603. The lowest BCUT2D eigenvalue weighted by Crippen LogP contribution is -2.17. The van der Waals surface area contributed by atoms with Crippen molar-refractivity contribution in [1.82, 2.24) is 9.78 Å². The molecule has 0 spiro atoms. The molecule has 1 aromatic heterocycles. The minimum Gasteiger partial charge on any atom is -0.381 e. The molecule has 0 atom stereocenters. The van der Waals surface area contributed by atoms with Gasteiger partial charge < -0.3 is 4.74 Å². The van der Waals surface area contributed by atoms with Gasteiger partial charge in [0.15, 0.2) is 0 Å². The molecule has 1 saturated heterocycles. The van der Waals surface area contributed by atoms with Gasteiger partial charge in [-0.15, -0.1) is 0 Å². The number of aromatic nitrogens is 2. The molecule has 20 heavy (non-hydrogen) atoms. The second kappa shape index (κ2) is 5.66. The van der Waals surface area contributed by atoms with Crippen LogP contribution in [0, 0.1) is 5.82 Å². The second-order valence-electron chi connectivity index (χ2n) is 5.06. The molecule has 0 radical (unpaired) electrons. The molecule has 1 aliphatic heterocycles. The van der Waals surface area contributed by atoms with E-state index < -0.39 is 0 Å². The quantitative estimate of drug-likeness (QED) is 0.830. The molecular formula is C15H16BrFN2O. The zero-order chi connectivity index (χ0) is 14.1. The highest BCUT2D eigenvalue weighted by Crippen LogP contribution is 2.37. The van der Waals surface area contributed by atoms with E-state index in [0.29, 0.717) is 5.92 Å². The van der Waals surface area contributed by atoms with Crippen LogP contribution in [-0.2, 0) is 11.8 Å². The summed E-state index contributed by atoms with van der Waals surface area (Å²) in [5.74, 6) is 0.232. The van der Waals surface area contributed by atoms with E-state index in [1.54, 1.807) is 12.1 Å². The van der Waals surface area contributed by atoms with Gasteiger partial charge in [0.05, 0.1) is 10.2 Å². The van der Waals surface area contributed by atoms with Crippen LogP contribution in [0.25, 0.3) is 11.3 Å². The van der Waals surface area contributed by atoms with Crippen LogP contribution in [0.2, 0.25) is 0 Å². The van der Waals surface area contributed by atoms with Gasteiger partial charge in [0.25, 0.3) is 0 Å². The van der Waals surface area contributed by atoms with Crippen molar-refractivity contribution in [1.29, 1.82) is 0 Å². The van der Waals surface area contributed by atoms with Crippen molar-refractivity contribution in [3.05, 3.63) is 40.2 Å². The smallest absolute Gasteiger partial charge is 0.123 e. The van der Waals surface area contributed by atoms with Crippen LogP contribution >= 0.6 is 15.9 Å². The largest absolute Gasteiger partial charge is 0.381 e. The normalized spacial score (nSPS) is 16.6. The van der Waals surface area contributed by atoms with Crippen molar-refractivity contribution in [2.24, 2.45) is 7.05 Å². The van der Waals surface area contributed by atoms with Gasteiger partial charge in [-0.2, -0.15) is 5.10 Å². The van der Waals surface area contributed by atoms with E-state index in [9.17, 15) is 4.39 Å². The summed E-state index contributed by atoms with van der Waals surface area (Å²) in [5.41, 5.74) is 2.99. The summed E-state index contributed by atoms with van der Waals surface area (Å²) in [5, 5.41) is 4.59. The number of rotatable bonds is 2. The number of nitrogens with zero attached hydrogens (tertiary/aromatic N) is 2. The minimum atomic E-state index is -0.231. The first-order valence-corrected chi connectivity index (χ1v) is 7.52. The second-order valence-corrected chi connectivity index (χ2v) is 5.86. The predicted octanol–water partition coefficient (Wildman–Crippen LogP) is 3.88. The van der Waals surface area contributed by atoms with Crippen molar-refractivity contribution < 1.29 is 9.13 Å². The van der Waals surface area contributed by atoms with Gasteiger partial charge in [0, 0.05) is 31.7 Å². The Balaban J connectivity index is 1.99. The Labute approximate surface area is 125 Å². The van der Waals surface area contributed by atoms with Crippen LogP contribution < -0.4 is 0 Å². The standard InChI is InChI=1S/C15H16BrFN2O/c1-19-15(11-6-8-20-9-7-11)13(16)14(18-19)10-2-4-12(17)5-3-10/h2-5,11H,6-9H2,1H3. The van der Waals surface area contributed by atoms with Crippen molar-refractivity contribution in [2.75, 3.05) is 13.2 Å². The molecule has 0 saturated carbocycles. The van der Waals surface area contributed by atoms with E-state index in [1.165, 1.54) is 17.8 Å². The molecule has 0 amide bonds. The molecule has 0 unspecified atom stereocenters. The zero-order valence-corrected chi connectivity index (χ0v) is 12.9. The topological polar surface area (TPSA) is 27.1 Å². The van der Waals surface area contributed by atoms with Crippen LogP contribution in [0.15, 0.2) is 28.7 Å². The molecule has 3 rings (SSSR count). The summed E-state index contributed by atoms with van der Waals surface area (Å²) in [4.78, 5) is 0. The lowest BCUT2D eigenvalue weighted by atomic mass is 9.96. The molecule has 0 bridgehead atoms. The van der Waals surface area contributed by atoms with Crippen molar-refractivity contribution in [2.45, 2.75) is 18.8 Å². The highest BCUT2D eigenvalue weighted by molar-refractivity contribution is 9.10. The van der Waals surface area contributed by atoms with Crippen LogP contribution in [-0.4, -0.2) is 23.0 Å². The molecule has 1 aromatic carbocycles. The molecule has 0 aliphatic carbocycles. The molecular weight excluding hydrogens is 323 g/mol. The van der Waals surface area contributed by atoms with Gasteiger partial charge in [-0.25, -0.2) is 4.39 Å². The highest BCUT2D eigenvalue weighted by Gasteiger charge is 2.24. The van der Waals surface area contributed by atoms with Crippen LogP contribution in [0.4, 0.5) is 4.39 Å². The zero-order valence-electron chi connectivity index (χ0n) is 11.3. The summed E-state index contributed by atoms with van der Waals surface area (Å²) >= 11 is 3.67. The maximum absolute atomic E-state index is 13.0. The molecule has 1 fully saturated rings. The monoisotopic (exact) mass is 338 g/mol. The van der Waals surface area contributed by atoms with E-state index in [-0.39, 0.29) is 5.82 Å². The minimum absolute atomic E-state index is 0.231. The molecule has 2 aromatic rings. The Morgan fingerprint density at radius 1 is 1.25 bits per heavy atom. The number of hydrogen-bond donors (Lipinski definition) is 0. The maximum Gasteiger partial charge on any atom is 0.123 e. The molecule has 0 N–H and O–H groups in total. The molecule has 3 nitrogen and oxygen atoms in total. The summed E-state index contributed by atoms with van der Waals surface area (Å²) in [7, 11) is 1.96. The SMILES string of the molecule is Cn1nc(-c2ccc(F)cc2)c(Br)c1C1CCOCC1. The maximum atomic E-state index is 13.0. The third kappa shape index (κ3) is 2.52. The van der Waals surface area contributed by atoms with Gasteiger partial charge in [-0.05, 0) is 53.0 Å². The fourth-order valence-corrected chi connectivity index (χ4v) is 3.61. The Kier molecular flexibility index (Phi) is 3.89. The van der Waals surface area contributed by atoms with Gasteiger partial charge in [0.1, 0.15) is 11.5 Å². The van der Waals surface area contributed by atoms with E-state index in [1.807, 2.05) is 11.7 Å². The molecule has 2 heterocycles. The first kappa shape index (κ1) is 13.8. The summed E-state index contributed by atoms with van der Waals surface area (Å²) in [6, 6.07) is 6.45. The number of halogens is 2. The van der Waals surface area contributed by atoms with E-state index in [2.05, 4.69) is 21.0 Å². The first-order valence-electron chi connectivity index (χ1n) is 6.73. The number of ether oxygens (including phenoxy) is 1. The molecule has 106 valence electrons. The summed E-state index contributed by atoms with van der Waals surface area (Å²) in [6.45, 7) is 1.60. The van der Waals surface area contributed by atoms with Gasteiger partial charge in [0.2, 0.25) is 0 Å². The van der Waals surface area contributed by atoms with E-state index in [0.717, 1.165) is 41.8 Å². The Morgan fingerprint density at radius 3 is 2.55 bits per heavy atom. The van der Waals surface area contributed by atoms with Gasteiger partial charge >= 0.3 is 0 Å². The van der Waals surface area contributed by atoms with Crippen molar-refractivity contribution >= 4 is 15.9 Å². The van der Waals surface area contributed by atoms with E-state index >= 15 is 0 Å². The number of benzene rings is 1.